The first kappa shape index (κ1) is 44.7. The van der Waals surface area contributed by atoms with Crippen molar-refractivity contribution in [3.8, 4) is 0 Å². The molecule has 2 saturated heterocycles. The molecule has 4 unspecified atom stereocenters. The van der Waals surface area contributed by atoms with Gasteiger partial charge in [0.05, 0.1) is 43.0 Å². The standard InChI is InChI=1S/C42H68O16/c1-19-9-12-42(36(53)58-35-31(52)29(50)27(48)23(17-44)56-35)14-13-39(4)20(32(42)41(19,6)54)7-8-25-37(2)15-21(46)33(38(3,18-45)24(37)10-11-40(25,39)5)57-34-30(51)28(49)26(47)22(16-43)55-34/h7,19,21-35,43-52,54H,8-18H2,1-6H3/t19-,21?,22-,23-,24?,25?,26-,27-,28+,29+,30-,31-,32-,33?,34+,35+,37+,38+,39-,40-,41-,42+/m1/s1. The lowest BCUT2D eigenvalue weighted by atomic mass is 9.33. The molecule has 11 N–H and O–H groups in total. The van der Waals surface area contributed by atoms with Crippen LogP contribution in [0.15, 0.2) is 11.6 Å². The summed E-state index contributed by atoms with van der Waals surface area (Å²) in [4.78, 5) is 14.6. The van der Waals surface area contributed by atoms with Gasteiger partial charge in [-0.05, 0) is 92.3 Å². The highest BCUT2D eigenvalue weighted by Gasteiger charge is 2.73. The zero-order valence-corrected chi connectivity index (χ0v) is 34.6. The Morgan fingerprint density at radius 3 is 1.93 bits per heavy atom. The number of hydrogen-bond donors (Lipinski definition) is 11. The van der Waals surface area contributed by atoms with Gasteiger partial charge in [-0.1, -0.05) is 46.3 Å². The molecule has 0 aromatic heterocycles. The molecule has 332 valence electrons. The van der Waals surface area contributed by atoms with E-state index in [1.807, 2.05) is 13.8 Å². The van der Waals surface area contributed by atoms with Crippen LogP contribution in [0.5, 0.6) is 0 Å². The van der Waals surface area contributed by atoms with Gasteiger partial charge in [-0.25, -0.2) is 0 Å². The van der Waals surface area contributed by atoms with E-state index in [0.717, 1.165) is 5.57 Å². The van der Waals surface area contributed by atoms with Crippen LogP contribution in [0.25, 0.3) is 0 Å². The maximum atomic E-state index is 14.6. The predicted molar refractivity (Wildman–Crippen MR) is 202 cm³/mol. The Labute approximate surface area is 339 Å². The van der Waals surface area contributed by atoms with Gasteiger partial charge < -0.3 is 75.1 Å². The SMILES string of the molecule is C[C@@H]1CC[C@]2(C(=O)O[C@@H]3O[C@H](CO)[C@@H](O)[C@H](O)[C@H]3O)CC[C@]3(C)C(=CCC4[C@@]5(C)CC(O)C(O[C@@H]6O[C@H](CO)[C@@H](O)[C@H](O)[C@H]6O)[C@@](C)(CO)C5CC[C@]43C)[C@@H]2[C@]1(C)O. The zero-order chi connectivity index (χ0) is 42.7. The van der Waals surface area contributed by atoms with Gasteiger partial charge in [-0.15, -0.1) is 0 Å². The monoisotopic (exact) mass is 828 g/mol. The van der Waals surface area contributed by atoms with Gasteiger partial charge in [-0.2, -0.15) is 0 Å². The summed E-state index contributed by atoms with van der Waals surface area (Å²) in [7, 11) is 0. The number of ether oxygens (including phenoxy) is 4. The third-order valence-corrected chi connectivity index (χ3v) is 17.7. The Morgan fingerprint density at radius 1 is 0.759 bits per heavy atom. The van der Waals surface area contributed by atoms with E-state index in [9.17, 15) is 61.0 Å². The summed E-state index contributed by atoms with van der Waals surface area (Å²) >= 11 is 0. The maximum absolute atomic E-state index is 14.6. The fourth-order valence-electron chi connectivity index (χ4n) is 13.9. The van der Waals surface area contributed by atoms with E-state index in [1.54, 1.807) is 6.92 Å². The molecule has 0 aromatic carbocycles. The molecule has 0 aromatic rings. The van der Waals surface area contributed by atoms with Crippen molar-refractivity contribution < 1.29 is 79.9 Å². The number of fused-ring (bicyclic) bond motifs is 7. The van der Waals surface area contributed by atoms with Crippen molar-refractivity contribution in [3.05, 3.63) is 11.6 Å². The highest BCUT2D eigenvalue weighted by Crippen LogP contribution is 2.76. The van der Waals surface area contributed by atoms with Crippen molar-refractivity contribution in [2.24, 2.45) is 50.7 Å². The molecule has 6 fully saturated rings. The van der Waals surface area contributed by atoms with E-state index >= 15 is 0 Å². The van der Waals surface area contributed by atoms with Crippen molar-refractivity contribution >= 4 is 5.97 Å². The normalized spacial score (nSPS) is 56.9. The van der Waals surface area contributed by atoms with E-state index in [0.29, 0.717) is 44.9 Å². The Bertz CT molecular complexity index is 1570. The minimum atomic E-state index is -1.77. The lowest BCUT2D eigenvalue weighted by Gasteiger charge is -2.72. The quantitative estimate of drug-likeness (QED) is 0.0854. The summed E-state index contributed by atoms with van der Waals surface area (Å²) in [5.41, 5.74) is -4.14. The van der Waals surface area contributed by atoms with Crippen LogP contribution >= 0.6 is 0 Å². The number of aliphatic hydroxyl groups is 11. The van der Waals surface area contributed by atoms with Gasteiger partial charge in [0.1, 0.15) is 48.8 Å². The fourth-order valence-corrected chi connectivity index (χ4v) is 13.9. The topological polar surface area (TPSA) is 277 Å². The average Bonchev–Trinajstić information content (AvgIpc) is 3.17. The summed E-state index contributed by atoms with van der Waals surface area (Å²) < 4.78 is 23.4. The molecule has 2 aliphatic heterocycles. The molecule has 58 heavy (non-hydrogen) atoms. The van der Waals surface area contributed by atoms with Crippen molar-refractivity contribution in [3.63, 3.8) is 0 Å². The molecule has 5 aliphatic carbocycles. The third-order valence-electron chi connectivity index (χ3n) is 17.7. The molecule has 2 heterocycles. The molecule has 16 nitrogen and oxygen atoms in total. The van der Waals surface area contributed by atoms with Gasteiger partial charge in [0.2, 0.25) is 6.29 Å². The number of aliphatic hydroxyl groups excluding tert-OH is 10. The Kier molecular flexibility index (Phi) is 11.7. The molecule has 7 aliphatic rings. The molecule has 0 spiro atoms. The first-order valence-corrected chi connectivity index (χ1v) is 21.2. The van der Waals surface area contributed by atoms with E-state index in [2.05, 4.69) is 26.8 Å². The fraction of sp³-hybridized carbons (Fsp3) is 0.929. The van der Waals surface area contributed by atoms with E-state index < -0.39 is 131 Å². The van der Waals surface area contributed by atoms with Crippen LogP contribution in [0.1, 0.15) is 92.9 Å². The van der Waals surface area contributed by atoms with Crippen LogP contribution in [0.2, 0.25) is 0 Å². The van der Waals surface area contributed by atoms with Crippen LogP contribution < -0.4 is 0 Å². The van der Waals surface area contributed by atoms with Gasteiger partial charge in [0, 0.05) is 11.3 Å². The number of esters is 1. The molecule has 0 amide bonds. The Hall–Kier alpha value is -1.35. The van der Waals surface area contributed by atoms with Gasteiger partial charge in [-0.3, -0.25) is 4.79 Å². The van der Waals surface area contributed by atoms with Crippen LogP contribution in [0.3, 0.4) is 0 Å². The molecular formula is C42H68O16. The second kappa shape index (κ2) is 15.2. The summed E-state index contributed by atoms with van der Waals surface area (Å²) in [5, 5.41) is 119. The molecular weight excluding hydrogens is 760 g/mol. The van der Waals surface area contributed by atoms with Crippen LogP contribution in [-0.2, 0) is 23.7 Å². The van der Waals surface area contributed by atoms with Crippen molar-refractivity contribution in [1.82, 2.24) is 0 Å². The number of allylic oxidation sites excluding steroid dienone is 1. The summed E-state index contributed by atoms with van der Waals surface area (Å²) in [5.74, 6) is -1.76. The number of hydrogen-bond acceptors (Lipinski definition) is 16. The summed E-state index contributed by atoms with van der Waals surface area (Å²) in [6, 6.07) is 0. The maximum Gasteiger partial charge on any atom is 0.315 e. The molecule has 16 heteroatoms. The smallest absolute Gasteiger partial charge is 0.315 e. The van der Waals surface area contributed by atoms with E-state index in [4.69, 9.17) is 18.9 Å². The van der Waals surface area contributed by atoms with Crippen molar-refractivity contribution in [2.75, 3.05) is 19.8 Å². The van der Waals surface area contributed by atoms with Gasteiger partial charge in [0.25, 0.3) is 0 Å². The van der Waals surface area contributed by atoms with Crippen LogP contribution in [-0.4, -0.2) is 161 Å². The number of rotatable bonds is 7. The van der Waals surface area contributed by atoms with E-state index in [1.165, 1.54) is 0 Å². The predicted octanol–water partition coefficient (Wildman–Crippen LogP) is -0.770. The van der Waals surface area contributed by atoms with Gasteiger partial charge >= 0.3 is 5.97 Å². The second-order valence-corrected chi connectivity index (χ2v) is 20.3. The van der Waals surface area contributed by atoms with E-state index in [-0.39, 0.29) is 30.8 Å². The zero-order valence-electron chi connectivity index (χ0n) is 34.6. The minimum Gasteiger partial charge on any atom is -0.432 e. The first-order valence-electron chi connectivity index (χ1n) is 21.2. The molecule has 22 atom stereocenters. The lowest BCUT2D eigenvalue weighted by molar-refractivity contribution is -0.345. The molecule has 0 bridgehead atoms. The van der Waals surface area contributed by atoms with Gasteiger partial charge in [0.15, 0.2) is 6.29 Å². The largest absolute Gasteiger partial charge is 0.432 e. The van der Waals surface area contributed by atoms with Crippen molar-refractivity contribution in [1.29, 1.82) is 0 Å². The van der Waals surface area contributed by atoms with Crippen molar-refractivity contribution in [2.45, 2.75) is 172 Å². The third kappa shape index (κ3) is 6.17. The number of carbonyl (C=O) groups is 1. The summed E-state index contributed by atoms with van der Waals surface area (Å²) in [6.07, 6.45) is -11.6. The first-order chi connectivity index (χ1) is 27.0. The Balaban J connectivity index is 1.21. The van der Waals surface area contributed by atoms with Crippen LogP contribution in [0.4, 0.5) is 0 Å². The van der Waals surface area contributed by atoms with Crippen LogP contribution in [0, 0.1) is 50.7 Å². The Morgan fingerprint density at radius 2 is 1.34 bits per heavy atom. The number of carbonyl (C=O) groups excluding carboxylic acids is 1. The lowest BCUT2D eigenvalue weighted by Crippen LogP contribution is -2.70. The molecule has 0 radical (unpaired) electrons. The summed E-state index contributed by atoms with van der Waals surface area (Å²) in [6.45, 7) is 10.6. The highest BCUT2D eigenvalue weighted by atomic mass is 16.7. The average molecular weight is 829 g/mol. The minimum absolute atomic E-state index is 0.0271. The molecule has 4 saturated carbocycles. The highest BCUT2D eigenvalue weighted by molar-refractivity contribution is 5.79. The molecule has 7 rings (SSSR count). The second-order valence-electron chi connectivity index (χ2n) is 20.3.